The Morgan fingerprint density at radius 1 is 0.786 bits per heavy atom. The van der Waals surface area contributed by atoms with Gasteiger partial charge in [-0.1, -0.05) is 34.4 Å². The summed E-state index contributed by atoms with van der Waals surface area (Å²) in [6.07, 6.45) is 9.69. The van der Waals surface area contributed by atoms with Crippen molar-refractivity contribution in [1.29, 1.82) is 0 Å². The lowest BCUT2D eigenvalue weighted by Gasteiger charge is -2.20. The van der Waals surface area contributed by atoms with Crippen LogP contribution in [0.3, 0.4) is 0 Å². The summed E-state index contributed by atoms with van der Waals surface area (Å²) >= 11 is 0. The van der Waals surface area contributed by atoms with Crippen LogP contribution in [0.15, 0.2) is 45.6 Å². The summed E-state index contributed by atoms with van der Waals surface area (Å²) < 4.78 is 0. The molecular weight excluding hydrogens is 168 g/mol. The van der Waals surface area contributed by atoms with E-state index in [2.05, 4.69) is 26.0 Å². The molecule has 0 heteroatoms. The summed E-state index contributed by atoms with van der Waals surface area (Å²) in [4.78, 5) is 0. The zero-order valence-electron chi connectivity index (χ0n) is 8.98. The smallest absolute Gasteiger partial charge is 0.00556 e. The van der Waals surface area contributed by atoms with Gasteiger partial charge in [-0.15, -0.1) is 0 Å². The van der Waals surface area contributed by atoms with Crippen molar-refractivity contribution in [1.82, 2.24) is 0 Å². The lowest BCUT2D eigenvalue weighted by molar-refractivity contribution is 0.931. The van der Waals surface area contributed by atoms with Gasteiger partial charge in [-0.05, 0) is 50.7 Å². The van der Waals surface area contributed by atoms with Gasteiger partial charge in [-0.25, -0.2) is 0 Å². The molecule has 3 rings (SSSR count). The molecule has 0 spiro atoms. The molecule has 0 fully saturated rings. The maximum Gasteiger partial charge on any atom is -0.00556 e. The zero-order chi connectivity index (χ0) is 9.71. The van der Waals surface area contributed by atoms with Gasteiger partial charge < -0.3 is 0 Å². The summed E-state index contributed by atoms with van der Waals surface area (Å²) in [5.41, 5.74) is 9.78. The molecule has 0 nitrogen and oxygen atoms in total. The van der Waals surface area contributed by atoms with E-state index in [0.717, 1.165) is 0 Å². The molecule has 0 saturated carbocycles. The van der Waals surface area contributed by atoms with Crippen molar-refractivity contribution >= 4 is 0 Å². The maximum atomic E-state index is 2.39. The first kappa shape index (κ1) is 8.28. The van der Waals surface area contributed by atoms with Gasteiger partial charge in [0.1, 0.15) is 0 Å². The van der Waals surface area contributed by atoms with Crippen molar-refractivity contribution in [3.63, 3.8) is 0 Å². The number of hydrogen-bond acceptors (Lipinski definition) is 0. The minimum Gasteiger partial charge on any atom is -0.0772 e. The fraction of sp³-hybridized carbons (Fsp3) is 0.429. The number of hydrogen-bond donors (Lipinski definition) is 0. The summed E-state index contributed by atoms with van der Waals surface area (Å²) in [6.45, 7) is 4.53. The standard InChI is InChI=1S/C14H16/c1-9-3-5-11-8-14-10(2)4-6-12(14)7-13(9)11/h3-4H,5-8H2,1-2H3. The first-order valence-corrected chi connectivity index (χ1v) is 5.52. The first-order valence-electron chi connectivity index (χ1n) is 5.52. The van der Waals surface area contributed by atoms with Gasteiger partial charge in [0, 0.05) is 0 Å². The van der Waals surface area contributed by atoms with E-state index >= 15 is 0 Å². The van der Waals surface area contributed by atoms with Crippen LogP contribution < -0.4 is 0 Å². The molecule has 0 amide bonds. The Morgan fingerprint density at radius 2 is 1.21 bits per heavy atom. The fourth-order valence-electron chi connectivity index (χ4n) is 2.92. The highest BCUT2D eigenvalue weighted by molar-refractivity contribution is 5.55. The van der Waals surface area contributed by atoms with E-state index in [1.807, 2.05) is 0 Å². The van der Waals surface area contributed by atoms with Crippen LogP contribution in [0.4, 0.5) is 0 Å². The highest BCUT2D eigenvalue weighted by atomic mass is 14.3. The van der Waals surface area contributed by atoms with Crippen LogP contribution in [0, 0.1) is 0 Å². The van der Waals surface area contributed by atoms with E-state index in [9.17, 15) is 0 Å². The summed E-state index contributed by atoms with van der Waals surface area (Å²) in [6, 6.07) is 0. The molecule has 72 valence electrons. The molecule has 3 aliphatic rings. The average Bonchev–Trinajstić information content (AvgIpc) is 2.71. The molecule has 0 unspecified atom stereocenters. The van der Waals surface area contributed by atoms with E-state index in [1.54, 1.807) is 22.3 Å². The molecule has 0 atom stereocenters. The van der Waals surface area contributed by atoms with Crippen molar-refractivity contribution in [3.05, 3.63) is 45.6 Å². The molecule has 0 N–H and O–H groups in total. The van der Waals surface area contributed by atoms with Crippen molar-refractivity contribution in [2.45, 2.75) is 39.5 Å². The van der Waals surface area contributed by atoms with Crippen molar-refractivity contribution < 1.29 is 0 Å². The minimum absolute atomic E-state index is 1.21. The van der Waals surface area contributed by atoms with Crippen molar-refractivity contribution in [2.75, 3.05) is 0 Å². The minimum atomic E-state index is 1.21. The third-order valence-electron chi connectivity index (χ3n) is 3.90. The molecule has 0 heterocycles. The predicted molar refractivity (Wildman–Crippen MR) is 60.0 cm³/mol. The van der Waals surface area contributed by atoms with Gasteiger partial charge in [-0.2, -0.15) is 0 Å². The van der Waals surface area contributed by atoms with Gasteiger partial charge in [0.05, 0.1) is 0 Å². The van der Waals surface area contributed by atoms with E-state index in [0.29, 0.717) is 0 Å². The first-order chi connectivity index (χ1) is 6.75. The number of rotatable bonds is 0. The monoisotopic (exact) mass is 184 g/mol. The normalized spacial score (nSPS) is 25.0. The molecule has 0 aromatic rings. The molecule has 0 aliphatic heterocycles. The quantitative estimate of drug-likeness (QED) is 0.532. The summed E-state index contributed by atoms with van der Waals surface area (Å²) in [5.74, 6) is 0. The molecule has 0 saturated heterocycles. The van der Waals surface area contributed by atoms with Gasteiger partial charge in [-0.3, -0.25) is 0 Å². The van der Waals surface area contributed by atoms with Gasteiger partial charge >= 0.3 is 0 Å². The largest absolute Gasteiger partial charge is 0.0772 e. The Kier molecular flexibility index (Phi) is 1.61. The Labute approximate surface area is 85.7 Å². The topological polar surface area (TPSA) is 0 Å². The van der Waals surface area contributed by atoms with Crippen LogP contribution in [-0.2, 0) is 0 Å². The summed E-state index contributed by atoms with van der Waals surface area (Å²) in [5, 5.41) is 0. The van der Waals surface area contributed by atoms with E-state index in [1.165, 1.54) is 36.8 Å². The lowest BCUT2D eigenvalue weighted by atomic mass is 9.85. The Balaban J connectivity index is 1.96. The Morgan fingerprint density at radius 3 is 1.64 bits per heavy atom. The molecule has 14 heavy (non-hydrogen) atoms. The lowest BCUT2D eigenvalue weighted by Crippen LogP contribution is -2.01. The molecule has 0 bridgehead atoms. The summed E-state index contributed by atoms with van der Waals surface area (Å²) in [7, 11) is 0. The third-order valence-corrected chi connectivity index (χ3v) is 3.90. The zero-order valence-corrected chi connectivity index (χ0v) is 8.98. The predicted octanol–water partition coefficient (Wildman–Crippen LogP) is 4.07. The molecule has 3 aliphatic carbocycles. The second-order valence-electron chi connectivity index (χ2n) is 4.70. The Bertz CT molecular complexity index is 383. The molecule has 0 aromatic heterocycles. The second kappa shape index (κ2) is 2.73. The van der Waals surface area contributed by atoms with E-state index in [-0.39, 0.29) is 0 Å². The maximum absolute atomic E-state index is 2.39. The second-order valence-corrected chi connectivity index (χ2v) is 4.70. The van der Waals surface area contributed by atoms with Crippen LogP contribution in [0.2, 0.25) is 0 Å². The highest BCUT2D eigenvalue weighted by Crippen LogP contribution is 2.45. The molecule has 0 radical (unpaired) electrons. The third kappa shape index (κ3) is 1.00. The van der Waals surface area contributed by atoms with Crippen LogP contribution in [-0.4, -0.2) is 0 Å². The fourth-order valence-corrected chi connectivity index (χ4v) is 2.92. The Hall–Kier alpha value is -1.04. The van der Waals surface area contributed by atoms with Crippen LogP contribution >= 0.6 is 0 Å². The molecular formula is C14H16. The van der Waals surface area contributed by atoms with Crippen LogP contribution in [0.25, 0.3) is 0 Å². The highest BCUT2D eigenvalue weighted by Gasteiger charge is 2.26. The van der Waals surface area contributed by atoms with Crippen molar-refractivity contribution in [3.8, 4) is 0 Å². The van der Waals surface area contributed by atoms with Crippen LogP contribution in [0.1, 0.15) is 39.5 Å². The SMILES string of the molecule is CC1=CCC2=C1CC1=C(C2)C(C)=CC1. The van der Waals surface area contributed by atoms with Crippen molar-refractivity contribution in [2.24, 2.45) is 0 Å². The van der Waals surface area contributed by atoms with E-state index in [4.69, 9.17) is 0 Å². The van der Waals surface area contributed by atoms with E-state index < -0.39 is 0 Å². The number of allylic oxidation sites excluding steroid dienone is 8. The van der Waals surface area contributed by atoms with Crippen LogP contribution in [0.5, 0.6) is 0 Å². The average molecular weight is 184 g/mol. The van der Waals surface area contributed by atoms with Gasteiger partial charge in [0.15, 0.2) is 0 Å². The molecule has 0 aromatic carbocycles. The van der Waals surface area contributed by atoms with Gasteiger partial charge in [0.25, 0.3) is 0 Å². The van der Waals surface area contributed by atoms with Gasteiger partial charge in [0.2, 0.25) is 0 Å².